The van der Waals surface area contributed by atoms with E-state index in [1.807, 2.05) is 18.4 Å². The predicted molar refractivity (Wildman–Crippen MR) is 81.1 cm³/mol. The van der Waals surface area contributed by atoms with E-state index in [0.29, 0.717) is 6.61 Å². The molecule has 20 heavy (non-hydrogen) atoms. The number of ether oxygens (including phenoxy) is 1. The molecule has 3 nitrogen and oxygen atoms in total. The maximum atomic E-state index is 5.72. The molecule has 1 aliphatic rings. The Balaban J connectivity index is 1.49. The summed E-state index contributed by atoms with van der Waals surface area (Å²) in [5.74, 6) is 1.74. The number of hydrogen-bond donors (Lipinski definition) is 1. The van der Waals surface area contributed by atoms with E-state index in [9.17, 15) is 0 Å². The maximum absolute atomic E-state index is 5.72. The van der Waals surface area contributed by atoms with Crippen LogP contribution in [0.4, 0.5) is 0 Å². The molecule has 1 aliphatic carbocycles. The van der Waals surface area contributed by atoms with Crippen LogP contribution in [-0.4, -0.2) is 12.3 Å². The zero-order valence-corrected chi connectivity index (χ0v) is 12.4. The van der Waals surface area contributed by atoms with Gasteiger partial charge in [-0.25, -0.2) is 0 Å². The van der Waals surface area contributed by atoms with E-state index in [4.69, 9.17) is 9.15 Å². The molecule has 0 aliphatic heterocycles. The summed E-state index contributed by atoms with van der Waals surface area (Å²) in [4.78, 5) is 1.24. The van der Waals surface area contributed by atoms with Crippen molar-refractivity contribution < 1.29 is 9.15 Å². The van der Waals surface area contributed by atoms with E-state index in [2.05, 4.69) is 29.8 Å². The second kappa shape index (κ2) is 6.37. The molecule has 2 aromatic rings. The smallest absolute Gasteiger partial charge is 0.146 e. The molecular weight excluding hydrogens is 270 g/mol. The van der Waals surface area contributed by atoms with E-state index in [1.165, 1.54) is 23.3 Å². The molecular formula is C16H19NO2S. The van der Waals surface area contributed by atoms with Gasteiger partial charge in [0.2, 0.25) is 0 Å². The second-order valence-corrected chi connectivity index (χ2v) is 5.92. The van der Waals surface area contributed by atoms with Crippen molar-refractivity contribution in [2.45, 2.75) is 36.9 Å². The van der Waals surface area contributed by atoms with Gasteiger partial charge >= 0.3 is 0 Å². The number of rotatable bonds is 7. The van der Waals surface area contributed by atoms with Crippen molar-refractivity contribution in [1.29, 1.82) is 0 Å². The quantitative estimate of drug-likeness (QED) is 0.786. The summed E-state index contributed by atoms with van der Waals surface area (Å²) in [5, 5.41) is 3.47. The van der Waals surface area contributed by atoms with Gasteiger partial charge in [0.1, 0.15) is 18.1 Å². The summed E-state index contributed by atoms with van der Waals surface area (Å²) in [6.07, 6.45) is 6.49. The van der Waals surface area contributed by atoms with Crippen LogP contribution in [0.5, 0.6) is 5.75 Å². The van der Waals surface area contributed by atoms with E-state index in [0.717, 1.165) is 24.1 Å². The van der Waals surface area contributed by atoms with Crippen LogP contribution in [0.3, 0.4) is 0 Å². The lowest BCUT2D eigenvalue weighted by Crippen LogP contribution is -2.14. The number of benzene rings is 1. The average Bonchev–Trinajstić information content (AvgIpc) is 3.22. The first-order valence-corrected chi connectivity index (χ1v) is 8.12. The molecule has 1 aromatic heterocycles. The number of hydrogen-bond acceptors (Lipinski definition) is 4. The topological polar surface area (TPSA) is 34.4 Å². The summed E-state index contributed by atoms with van der Waals surface area (Å²) in [6, 6.07) is 10.9. The minimum Gasteiger partial charge on any atom is -0.486 e. The molecule has 1 aromatic carbocycles. The first kappa shape index (κ1) is 13.6. The molecule has 1 saturated carbocycles. The molecule has 3 rings (SSSR count). The fraction of sp³-hybridized carbons (Fsp3) is 0.375. The molecule has 4 heteroatoms. The molecule has 0 amide bonds. The molecule has 1 fully saturated rings. The van der Waals surface area contributed by atoms with Gasteiger partial charge in [-0.1, -0.05) is 0 Å². The largest absolute Gasteiger partial charge is 0.486 e. The van der Waals surface area contributed by atoms with Crippen LogP contribution in [-0.2, 0) is 13.2 Å². The van der Waals surface area contributed by atoms with Crippen molar-refractivity contribution in [3.63, 3.8) is 0 Å². The standard InChI is InChI=1S/C16H19NO2S/c1-20-16-6-4-14(5-7-16)19-11-15-8-12(10-18-15)9-17-13-2-3-13/h4-8,10,13,17H,2-3,9,11H2,1H3. The van der Waals surface area contributed by atoms with Crippen LogP contribution in [0.2, 0.25) is 0 Å². The second-order valence-electron chi connectivity index (χ2n) is 5.04. The summed E-state index contributed by atoms with van der Waals surface area (Å²) >= 11 is 1.73. The van der Waals surface area contributed by atoms with Gasteiger partial charge in [-0.05, 0) is 49.4 Å². The maximum Gasteiger partial charge on any atom is 0.146 e. The Labute approximate surface area is 123 Å². The Morgan fingerprint density at radius 1 is 1.30 bits per heavy atom. The lowest BCUT2D eigenvalue weighted by atomic mass is 10.3. The zero-order chi connectivity index (χ0) is 13.8. The number of furan rings is 1. The monoisotopic (exact) mass is 289 g/mol. The fourth-order valence-electron chi connectivity index (χ4n) is 1.97. The van der Waals surface area contributed by atoms with E-state index >= 15 is 0 Å². The van der Waals surface area contributed by atoms with Crippen LogP contribution in [0.25, 0.3) is 0 Å². The third-order valence-electron chi connectivity index (χ3n) is 3.32. The molecule has 1 N–H and O–H groups in total. The normalized spacial score (nSPS) is 14.4. The molecule has 0 radical (unpaired) electrons. The highest BCUT2D eigenvalue weighted by atomic mass is 32.2. The Bertz CT molecular complexity index is 546. The molecule has 0 spiro atoms. The Morgan fingerprint density at radius 2 is 2.10 bits per heavy atom. The molecule has 0 unspecified atom stereocenters. The van der Waals surface area contributed by atoms with Gasteiger partial charge in [0.25, 0.3) is 0 Å². The highest BCUT2D eigenvalue weighted by molar-refractivity contribution is 7.98. The third-order valence-corrected chi connectivity index (χ3v) is 4.06. The Morgan fingerprint density at radius 3 is 2.80 bits per heavy atom. The Kier molecular flexibility index (Phi) is 4.33. The number of thioether (sulfide) groups is 1. The average molecular weight is 289 g/mol. The summed E-state index contributed by atoms with van der Waals surface area (Å²) < 4.78 is 11.2. The first-order chi connectivity index (χ1) is 9.83. The third kappa shape index (κ3) is 3.81. The molecule has 0 bridgehead atoms. The van der Waals surface area contributed by atoms with Gasteiger partial charge in [-0.3, -0.25) is 0 Å². The fourth-order valence-corrected chi connectivity index (χ4v) is 2.38. The van der Waals surface area contributed by atoms with Crippen LogP contribution >= 0.6 is 11.8 Å². The van der Waals surface area contributed by atoms with Gasteiger partial charge in [0.05, 0.1) is 6.26 Å². The highest BCUT2D eigenvalue weighted by Gasteiger charge is 2.20. The van der Waals surface area contributed by atoms with Crippen molar-refractivity contribution in [2.24, 2.45) is 0 Å². The van der Waals surface area contributed by atoms with Crippen molar-refractivity contribution in [1.82, 2.24) is 5.32 Å². The van der Waals surface area contributed by atoms with E-state index < -0.39 is 0 Å². The van der Waals surface area contributed by atoms with Crippen LogP contribution < -0.4 is 10.1 Å². The lowest BCUT2D eigenvalue weighted by molar-refractivity contribution is 0.270. The van der Waals surface area contributed by atoms with Gasteiger partial charge in [-0.2, -0.15) is 0 Å². The summed E-state index contributed by atoms with van der Waals surface area (Å²) in [5.41, 5.74) is 1.19. The van der Waals surface area contributed by atoms with Crippen LogP contribution in [0.15, 0.2) is 45.9 Å². The molecule has 1 heterocycles. The van der Waals surface area contributed by atoms with Gasteiger partial charge < -0.3 is 14.5 Å². The molecule has 0 atom stereocenters. The number of nitrogens with one attached hydrogen (secondary N) is 1. The van der Waals surface area contributed by atoms with Gasteiger partial charge in [-0.15, -0.1) is 11.8 Å². The van der Waals surface area contributed by atoms with Crippen molar-refractivity contribution in [3.8, 4) is 5.75 Å². The SMILES string of the molecule is CSc1ccc(OCc2cc(CNC3CC3)co2)cc1. The van der Waals surface area contributed by atoms with E-state index in [-0.39, 0.29) is 0 Å². The van der Waals surface area contributed by atoms with Crippen molar-refractivity contribution in [2.75, 3.05) is 6.26 Å². The zero-order valence-electron chi connectivity index (χ0n) is 11.6. The van der Waals surface area contributed by atoms with Crippen molar-refractivity contribution in [3.05, 3.63) is 47.9 Å². The van der Waals surface area contributed by atoms with Crippen LogP contribution in [0, 0.1) is 0 Å². The summed E-state index contributed by atoms with van der Waals surface area (Å²) in [7, 11) is 0. The molecule has 106 valence electrons. The van der Waals surface area contributed by atoms with Gasteiger partial charge in [0, 0.05) is 23.0 Å². The van der Waals surface area contributed by atoms with Gasteiger partial charge in [0.15, 0.2) is 0 Å². The minimum absolute atomic E-state index is 0.474. The van der Waals surface area contributed by atoms with Crippen molar-refractivity contribution >= 4 is 11.8 Å². The Hall–Kier alpha value is -1.39. The predicted octanol–water partition coefficient (Wildman–Crippen LogP) is 3.83. The lowest BCUT2D eigenvalue weighted by Gasteiger charge is -2.04. The molecule has 0 saturated heterocycles. The minimum atomic E-state index is 0.474. The first-order valence-electron chi connectivity index (χ1n) is 6.90. The highest BCUT2D eigenvalue weighted by Crippen LogP contribution is 2.21. The summed E-state index contributed by atoms with van der Waals surface area (Å²) in [6.45, 7) is 1.36. The van der Waals surface area contributed by atoms with E-state index in [1.54, 1.807) is 11.8 Å². The van der Waals surface area contributed by atoms with Crippen LogP contribution in [0.1, 0.15) is 24.2 Å².